The molecule has 2 aromatic heterocycles. The second-order valence-corrected chi connectivity index (χ2v) is 5.17. The molecule has 0 fully saturated rings. The molecule has 0 aliphatic rings. The summed E-state index contributed by atoms with van der Waals surface area (Å²) in [7, 11) is 0. The van der Waals surface area contributed by atoms with Crippen LogP contribution < -0.4 is 4.98 Å². The summed E-state index contributed by atoms with van der Waals surface area (Å²) in [6.07, 6.45) is 5.40. The minimum Gasteiger partial charge on any atom is -0.661 e. The normalized spacial score (nSPS) is 9.57. The van der Waals surface area contributed by atoms with Crippen molar-refractivity contribution in [2.45, 2.75) is 27.7 Å². The van der Waals surface area contributed by atoms with Gasteiger partial charge in [0.25, 0.3) is 0 Å². The van der Waals surface area contributed by atoms with E-state index in [1.54, 1.807) is 17.1 Å². The van der Waals surface area contributed by atoms with Crippen molar-refractivity contribution in [3.63, 3.8) is 0 Å². The molecule has 0 aliphatic carbocycles. The van der Waals surface area contributed by atoms with Crippen molar-refractivity contribution >= 4 is 5.78 Å². The molecule has 2 heterocycles. The van der Waals surface area contributed by atoms with Gasteiger partial charge in [-0.1, -0.05) is 23.7 Å². The predicted octanol–water partition coefficient (Wildman–Crippen LogP) is 3.44. The smallest absolute Gasteiger partial charge is 0.661 e. The van der Waals surface area contributed by atoms with Crippen molar-refractivity contribution in [1.82, 2.24) is 14.8 Å². The van der Waals surface area contributed by atoms with Gasteiger partial charge in [0.1, 0.15) is 5.78 Å². The molecule has 0 unspecified atom stereocenters. The molecule has 0 bridgehead atoms. The van der Waals surface area contributed by atoms with Gasteiger partial charge < -0.3 is 4.98 Å². The molecule has 1 aromatic carbocycles. The minimum atomic E-state index is 0. The SMILES string of the molecule is CC(=O)c1[n-]cc(C)c1C.Cc1cc[c-]c(-n2cccn2)c1.[Pt+2]. The summed E-state index contributed by atoms with van der Waals surface area (Å²) >= 11 is 0. The minimum absolute atomic E-state index is 0. The summed E-state index contributed by atoms with van der Waals surface area (Å²) in [5, 5.41) is 4.11. The Bertz CT molecular complexity index is 760. The summed E-state index contributed by atoms with van der Waals surface area (Å²) in [5.74, 6) is 0.0469. The Labute approximate surface area is 151 Å². The second kappa shape index (κ2) is 8.64. The van der Waals surface area contributed by atoms with Gasteiger partial charge in [0.2, 0.25) is 0 Å². The van der Waals surface area contributed by atoms with E-state index in [0.717, 1.165) is 16.8 Å². The number of nitrogens with zero attached hydrogens (tertiary/aromatic N) is 3. The fraction of sp³-hybridized carbons (Fsp3) is 0.222. The molecule has 23 heavy (non-hydrogen) atoms. The van der Waals surface area contributed by atoms with E-state index in [2.05, 4.69) is 23.1 Å². The monoisotopic (exact) mass is 488 g/mol. The van der Waals surface area contributed by atoms with Gasteiger partial charge in [0, 0.05) is 12.4 Å². The third-order valence-electron chi connectivity index (χ3n) is 3.36. The van der Waals surface area contributed by atoms with Crippen LogP contribution in [0.4, 0.5) is 0 Å². The van der Waals surface area contributed by atoms with Gasteiger partial charge in [0.05, 0.1) is 0 Å². The Morgan fingerprint density at radius 2 is 2.04 bits per heavy atom. The van der Waals surface area contributed by atoms with E-state index in [4.69, 9.17) is 0 Å². The maximum absolute atomic E-state index is 10.8. The molecule has 4 nitrogen and oxygen atoms in total. The van der Waals surface area contributed by atoms with Crippen LogP contribution in [0, 0.1) is 26.8 Å². The van der Waals surface area contributed by atoms with E-state index in [0.29, 0.717) is 5.69 Å². The maximum Gasteiger partial charge on any atom is 2.00 e. The fourth-order valence-electron chi connectivity index (χ4n) is 2.00. The van der Waals surface area contributed by atoms with Crippen molar-refractivity contribution in [3.8, 4) is 5.69 Å². The second-order valence-electron chi connectivity index (χ2n) is 5.17. The van der Waals surface area contributed by atoms with Crippen LogP contribution in [0.1, 0.15) is 34.1 Å². The first kappa shape index (κ1) is 19.1. The molecule has 3 rings (SSSR count). The van der Waals surface area contributed by atoms with Crippen LogP contribution in [-0.4, -0.2) is 15.6 Å². The van der Waals surface area contributed by atoms with Crippen molar-refractivity contribution in [1.29, 1.82) is 0 Å². The largest absolute Gasteiger partial charge is 2.00 e. The Balaban J connectivity index is 0.000000224. The molecule has 122 valence electrons. The number of hydrogen-bond acceptors (Lipinski definition) is 2. The first-order valence-corrected chi connectivity index (χ1v) is 7.07. The van der Waals surface area contributed by atoms with E-state index in [1.165, 1.54) is 12.5 Å². The zero-order chi connectivity index (χ0) is 16.1. The standard InChI is InChI=1S/C10H9N2.C8H11NO.Pt/c1-9-4-2-5-10(8-9)12-7-3-6-11-12;1-5-4-9-8(6(5)2)7(3)10;/h2-4,6-8H,1H3;4H,1-3H3,(H,9,10);/q-1;;+2/p-1. The number of carbonyl (C=O) groups excluding carboxylic acids is 1. The quantitative estimate of drug-likeness (QED) is 0.410. The number of Topliss-reactive ketones (excluding diaryl/α,β-unsaturated/α-hetero) is 1. The van der Waals surface area contributed by atoms with Crippen LogP contribution in [0.3, 0.4) is 0 Å². The summed E-state index contributed by atoms with van der Waals surface area (Å²) in [5.41, 5.74) is 4.91. The number of aromatic nitrogens is 3. The Kier molecular flexibility index (Phi) is 7.18. The van der Waals surface area contributed by atoms with E-state index in [9.17, 15) is 4.79 Å². The Morgan fingerprint density at radius 1 is 1.30 bits per heavy atom. The summed E-state index contributed by atoms with van der Waals surface area (Å²) in [4.78, 5) is 14.8. The first-order chi connectivity index (χ1) is 10.5. The molecule has 0 aliphatic heterocycles. The van der Waals surface area contributed by atoms with Crippen LogP contribution in [-0.2, 0) is 21.1 Å². The van der Waals surface area contributed by atoms with Crippen LogP contribution >= 0.6 is 0 Å². The number of hydrogen-bond donors (Lipinski definition) is 0. The molecule has 0 N–H and O–H groups in total. The Morgan fingerprint density at radius 3 is 2.48 bits per heavy atom. The van der Waals surface area contributed by atoms with E-state index < -0.39 is 0 Å². The molecule has 3 aromatic rings. The molecule has 0 amide bonds. The van der Waals surface area contributed by atoms with Crippen LogP contribution in [0.5, 0.6) is 0 Å². The van der Waals surface area contributed by atoms with Crippen molar-refractivity contribution in [3.05, 3.63) is 71.3 Å². The molecule has 0 spiro atoms. The van der Waals surface area contributed by atoms with Crippen molar-refractivity contribution < 1.29 is 25.9 Å². The van der Waals surface area contributed by atoms with Gasteiger partial charge >= 0.3 is 21.1 Å². The van der Waals surface area contributed by atoms with Crippen molar-refractivity contribution in [2.75, 3.05) is 0 Å². The van der Waals surface area contributed by atoms with Gasteiger partial charge in [-0.05, 0) is 32.5 Å². The molecule has 5 heteroatoms. The Hall–Kier alpha value is -1.93. The van der Waals surface area contributed by atoms with Gasteiger partial charge in [-0.3, -0.25) is 9.48 Å². The van der Waals surface area contributed by atoms with E-state index in [-0.39, 0.29) is 26.8 Å². The van der Waals surface area contributed by atoms with Gasteiger partial charge in [-0.15, -0.1) is 6.07 Å². The van der Waals surface area contributed by atoms with E-state index >= 15 is 0 Å². The molecule has 0 atom stereocenters. The molecule has 0 saturated carbocycles. The average Bonchev–Trinajstić information content (AvgIpc) is 3.11. The topological polar surface area (TPSA) is 49.0 Å². The van der Waals surface area contributed by atoms with E-state index in [1.807, 2.05) is 44.3 Å². The average molecular weight is 488 g/mol. The maximum atomic E-state index is 10.8. The van der Waals surface area contributed by atoms with Crippen LogP contribution in [0.2, 0.25) is 0 Å². The summed E-state index contributed by atoms with van der Waals surface area (Å²) in [6, 6.07) is 11.0. The number of aryl methyl sites for hydroxylation is 2. The summed E-state index contributed by atoms with van der Waals surface area (Å²) < 4.78 is 1.80. The molecular formula is C18H19N3OPt. The number of benzene rings is 1. The van der Waals surface area contributed by atoms with Gasteiger partial charge in [-0.25, -0.2) is 0 Å². The summed E-state index contributed by atoms with van der Waals surface area (Å²) in [6.45, 7) is 7.46. The predicted molar refractivity (Wildman–Crippen MR) is 86.4 cm³/mol. The van der Waals surface area contributed by atoms with Gasteiger partial charge in [0.15, 0.2) is 0 Å². The zero-order valence-corrected chi connectivity index (χ0v) is 15.9. The third kappa shape index (κ3) is 5.04. The molecule has 0 radical (unpaired) electrons. The zero-order valence-electron chi connectivity index (χ0n) is 13.6. The number of carbonyl (C=O) groups is 1. The number of ketones is 1. The fourth-order valence-corrected chi connectivity index (χ4v) is 2.00. The van der Waals surface area contributed by atoms with Gasteiger partial charge in [-0.2, -0.15) is 35.1 Å². The third-order valence-corrected chi connectivity index (χ3v) is 3.36. The first-order valence-electron chi connectivity index (χ1n) is 7.07. The van der Waals surface area contributed by atoms with Crippen LogP contribution in [0.25, 0.3) is 5.69 Å². The molecule has 0 saturated heterocycles. The number of rotatable bonds is 2. The molecular weight excluding hydrogens is 469 g/mol. The van der Waals surface area contributed by atoms with Crippen LogP contribution in [0.15, 0.2) is 42.9 Å². The van der Waals surface area contributed by atoms with Crippen molar-refractivity contribution in [2.24, 2.45) is 0 Å².